The van der Waals surface area contributed by atoms with Crippen LogP contribution in [-0.2, 0) is 9.59 Å². The third kappa shape index (κ3) is 3.07. The van der Waals surface area contributed by atoms with Crippen molar-refractivity contribution in [1.82, 2.24) is 5.01 Å². The number of hydrazone groups is 1. The number of amides is 2. The third-order valence-corrected chi connectivity index (χ3v) is 6.04. The second-order valence-electron chi connectivity index (χ2n) is 7.10. The molecule has 1 aromatic carbocycles. The van der Waals surface area contributed by atoms with E-state index in [1.165, 1.54) is 6.21 Å². The number of rotatable bonds is 7. The van der Waals surface area contributed by atoms with Crippen LogP contribution in [0.3, 0.4) is 0 Å². The Labute approximate surface area is 172 Å². The van der Waals surface area contributed by atoms with Crippen LogP contribution in [0.4, 0.5) is 0 Å². The van der Waals surface area contributed by atoms with Gasteiger partial charge in [0.2, 0.25) is 0 Å². The van der Waals surface area contributed by atoms with E-state index in [0.29, 0.717) is 34.7 Å². The highest BCUT2D eigenvalue weighted by Gasteiger charge is 2.59. The van der Waals surface area contributed by atoms with Gasteiger partial charge in [-0.15, -0.1) is 0 Å². The van der Waals surface area contributed by atoms with Gasteiger partial charge in [-0.3, -0.25) is 9.59 Å². The molecule has 4 rings (SSSR count). The molecule has 1 saturated heterocycles. The number of allylic oxidation sites excluding steroid dienone is 2. The average Bonchev–Trinajstić information content (AvgIpc) is 3.34. The summed E-state index contributed by atoms with van der Waals surface area (Å²) in [5.74, 6) is 0.581. The summed E-state index contributed by atoms with van der Waals surface area (Å²) in [7, 11) is 0. The molecule has 2 amide bonds. The molecule has 1 heterocycles. The summed E-state index contributed by atoms with van der Waals surface area (Å²) in [6.45, 7) is 6.35. The Morgan fingerprint density at radius 2 is 1.89 bits per heavy atom. The second-order valence-corrected chi connectivity index (χ2v) is 7.95. The lowest BCUT2D eigenvalue weighted by atomic mass is 9.85. The van der Waals surface area contributed by atoms with Crippen molar-refractivity contribution in [1.29, 1.82) is 0 Å². The number of nitrogens with zero attached hydrogens (tertiary/aromatic N) is 2. The molecule has 1 aliphatic heterocycles. The maximum Gasteiger partial charge on any atom is 0.254 e. The molecular formula is C21H21BrN2O4. The van der Waals surface area contributed by atoms with Gasteiger partial charge in [0.15, 0.2) is 11.5 Å². The number of ether oxygens (including phenoxy) is 2. The van der Waals surface area contributed by atoms with Crippen molar-refractivity contribution in [2.45, 2.75) is 13.3 Å². The van der Waals surface area contributed by atoms with Crippen LogP contribution in [0.2, 0.25) is 0 Å². The number of hydrogen-bond acceptors (Lipinski definition) is 5. The van der Waals surface area contributed by atoms with Crippen molar-refractivity contribution in [3.8, 4) is 11.5 Å². The van der Waals surface area contributed by atoms with Gasteiger partial charge in [-0.25, -0.2) is 0 Å². The van der Waals surface area contributed by atoms with Crippen molar-refractivity contribution in [3.05, 3.63) is 47.0 Å². The van der Waals surface area contributed by atoms with Crippen LogP contribution in [0.15, 0.2) is 46.5 Å². The van der Waals surface area contributed by atoms with E-state index in [2.05, 4.69) is 39.8 Å². The fourth-order valence-corrected chi connectivity index (χ4v) is 4.91. The minimum atomic E-state index is -0.250. The fourth-order valence-electron chi connectivity index (χ4n) is 4.33. The Morgan fingerprint density at radius 1 is 1.21 bits per heavy atom. The maximum atomic E-state index is 12.7. The van der Waals surface area contributed by atoms with Crippen LogP contribution in [0.5, 0.6) is 11.5 Å². The highest BCUT2D eigenvalue weighted by molar-refractivity contribution is 9.10. The van der Waals surface area contributed by atoms with Crippen LogP contribution < -0.4 is 9.47 Å². The molecular weight excluding hydrogens is 424 g/mol. The summed E-state index contributed by atoms with van der Waals surface area (Å²) in [5.41, 5.74) is 0.694. The molecule has 1 saturated carbocycles. The number of imide groups is 1. The summed E-state index contributed by atoms with van der Waals surface area (Å²) in [5, 5.41) is 5.26. The van der Waals surface area contributed by atoms with E-state index >= 15 is 0 Å². The summed E-state index contributed by atoms with van der Waals surface area (Å²) < 4.78 is 12.0. The molecule has 2 aliphatic carbocycles. The van der Waals surface area contributed by atoms with Crippen molar-refractivity contribution in [3.63, 3.8) is 0 Å². The highest BCUT2D eigenvalue weighted by atomic mass is 79.9. The molecule has 0 spiro atoms. The van der Waals surface area contributed by atoms with Gasteiger partial charge >= 0.3 is 0 Å². The van der Waals surface area contributed by atoms with Crippen molar-refractivity contribution >= 4 is 34.0 Å². The number of hydrogen-bond donors (Lipinski definition) is 0. The van der Waals surface area contributed by atoms with Crippen molar-refractivity contribution in [2.75, 3.05) is 13.2 Å². The lowest BCUT2D eigenvalue weighted by molar-refractivity contribution is -0.140. The Morgan fingerprint density at radius 3 is 2.50 bits per heavy atom. The van der Waals surface area contributed by atoms with Gasteiger partial charge in [-0.2, -0.15) is 10.1 Å². The number of benzene rings is 1. The van der Waals surface area contributed by atoms with Crippen molar-refractivity contribution in [2.24, 2.45) is 28.8 Å². The summed E-state index contributed by atoms with van der Waals surface area (Å²) in [6, 6.07) is 3.58. The normalized spacial score (nSPS) is 27.7. The lowest BCUT2D eigenvalue weighted by Crippen LogP contribution is -2.28. The average molecular weight is 445 g/mol. The zero-order valence-electron chi connectivity index (χ0n) is 15.5. The molecule has 6 nitrogen and oxygen atoms in total. The van der Waals surface area contributed by atoms with Crippen molar-refractivity contribution < 1.29 is 19.1 Å². The van der Waals surface area contributed by atoms with Gasteiger partial charge in [-0.1, -0.05) is 24.8 Å². The number of carbonyl (C=O) groups is 2. The van der Waals surface area contributed by atoms with Crippen LogP contribution in [0.1, 0.15) is 18.9 Å². The number of halogens is 1. The van der Waals surface area contributed by atoms with E-state index < -0.39 is 0 Å². The first-order valence-corrected chi connectivity index (χ1v) is 10.1. The van der Waals surface area contributed by atoms with Gasteiger partial charge in [0.1, 0.15) is 6.61 Å². The molecule has 2 fully saturated rings. The van der Waals surface area contributed by atoms with E-state index in [-0.39, 0.29) is 35.5 Å². The molecule has 1 aromatic rings. The molecule has 0 unspecified atom stereocenters. The quantitative estimate of drug-likeness (QED) is 0.366. The Kier molecular flexibility index (Phi) is 5.10. The molecule has 7 heteroatoms. The topological polar surface area (TPSA) is 68.2 Å². The fraction of sp³-hybridized carbons (Fsp3) is 0.381. The predicted octanol–water partition coefficient (Wildman–Crippen LogP) is 3.55. The molecule has 4 atom stereocenters. The molecule has 0 N–H and O–H groups in total. The first-order valence-electron chi connectivity index (χ1n) is 9.35. The molecule has 3 aliphatic rings. The minimum absolute atomic E-state index is 0.173. The largest absolute Gasteiger partial charge is 0.490 e. The Bertz CT molecular complexity index is 865. The van der Waals surface area contributed by atoms with Crippen LogP contribution in [0, 0.1) is 23.7 Å². The second kappa shape index (κ2) is 7.54. The predicted molar refractivity (Wildman–Crippen MR) is 108 cm³/mol. The van der Waals surface area contributed by atoms with Gasteiger partial charge in [-0.05, 0) is 58.8 Å². The minimum Gasteiger partial charge on any atom is -0.490 e. The number of carbonyl (C=O) groups excluding carboxylic acids is 2. The molecule has 0 aromatic heterocycles. The van der Waals surface area contributed by atoms with E-state index in [0.717, 1.165) is 11.4 Å². The lowest BCUT2D eigenvalue weighted by Gasteiger charge is -2.14. The number of fused-ring (bicyclic) bond motifs is 5. The molecule has 28 heavy (non-hydrogen) atoms. The highest BCUT2D eigenvalue weighted by Crippen LogP contribution is 2.52. The standard InChI is InChI=1S/C21H21BrN2O4/c1-3-7-28-19-15(22)8-12(9-16(19)27-4-2)11-23-24-20(25)17-13-5-6-14(10-13)18(17)21(24)26/h3,5-6,8-9,11,13-14,17-18H,1,4,7,10H2,2H3/t13-,14-,17-,18+/m0/s1. The van der Waals surface area contributed by atoms with Gasteiger partial charge < -0.3 is 9.47 Å². The van der Waals surface area contributed by atoms with Gasteiger partial charge in [0.25, 0.3) is 11.8 Å². The van der Waals surface area contributed by atoms with E-state index in [1.807, 2.05) is 13.0 Å². The molecule has 0 radical (unpaired) electrons. The molecule has 2 bridgehead atoms. The van der Waals surface area contributed by atoms with Crippen LogP contribution >= 0.6 is 15.9 Å². The SMILES string of the molecule is C=CCOc1c(Br)cc(C=NN2C(=O)[C@@H]3[C@H](C2=O)[C@H]2C=C[C@H]3C2)cc1OCC. The van der Waals surface area contributed by atoms with E-state index in [1.54, 1.807) is 12.1 Å². The summed E-state index contributed by atoms with van der Waals surface area (Å²) in [6.07, 6.45) is 8.20. The van der Waals surface area contributed by atoms with Crippen LogP contribution in [0.25, 0.3) is 0 Å². The maximum absolute atomic E-state index is 12.7. The summed E-state index contributed by atoms with van der Waals surface area (Å²) in [4.78, 5) is 25.4. The van der Waals surface area contributed by atoms with Gasteiger partial charge in [0, 0.05) is 0 Å². The van der Waals surface area contributed by atoms with E-state index in [9.17, 15) is 9.59 Å². The monoisotopic (exact) mass is 444 g/mol. The third-order valence-electron chi connectivity index (χ3n) is 5.45. The smallest absolute Gasteiger partial charge is 0.254 e. The summed E-state index contributed by atoms with van der Waals surface area (Å²) >= 11 is 3.48. The van der Waals surface area contributed by atoms with Crippen LogP contribution in [-0.4, -0.2) is 36.3 Å². The van der Waals surface area contributed by atoms with E-state index in [4.69, 9.17) is 9.47 Å². The molecule has 146 valence electrons. The zero-order chi connectivity index (χ0) is 19.8. The Balaban J connectivity index is 1.57. The Hall–Kier alpha value is -2.41. The zero-order valence-corrected chi connectivity index (χ0v) is 17.1. The first kappa shape index (κ1) is 18.9. The van der Waals surface area contributed by atoms with Gasteiger partial charge in [0.05, 0.1) is 29.1 Å². The first-order chi connectivity index (χ1) is 13.5.